The largest absolute Gasteiger partial charge is 0.393 e. The van der Waals surface area contributed by atoms with Crippen LogP contribution in [0.2, 0.25) is 5.28 Å². The summed E-state index contributed by atoms with van der Waals surface area (Å²) >= 11 is 6.35. The molecule has 4 heterocycles. The summed E-state index contributed by atoms with van der Waals surface area (Å²) in [6.45, 7) is 4.70. The van der Waals surface area contributed by atoms with E-state index in [4.69, 9.17) is 39.6 Å². The third kappa shape index (κ3) is 8.44. The Labute approximate surface area is 276 Å². The molecule has 18 nitrogen and oxygen atoms in total. The second kappa shape index (κ2) is 15.4. The lowest BCUT2D eigenvalue weighted by Gasteiger charge is -2.38. The first kappa shape index (κ1) is 35.9. The topological polar surface area (TPSA) is 223 Å². The fraction of sp³-hybridized carbons (Fsp3) is 0.778. The van der Waals surface area contributed by atoms with E-state index in [0.717, 1.165) is 25.7 Å². The van der Waals surface area contributed by atoms with Gasteiger partial charge in [-0.3, -0.25) is 4.57 Å². The van der Waals surface area contributed by atoms with E-state index < -0.39 is 50.4 Å². The third-order valence-electron chi connectivity index (χ3n) is 7.82. The molecular formula is C27H43ClN9O9P. The number of rotatable bonds is 18. The van der Waals surface area contributed by atoms with Crippen molar-refractivity contribution < 1.29 is 42.8 Å². The summed E-state index contributed by atoms with van der Waals surface area (Å²) in [7, 11) is -4.17. The molecule has 0 amide bonds. The minimum atomic E-state index is -4.17. The van der Waals surface area contributed by atoms with E-state index in [2.05, 4.69) is 41.0 Å². The average molecular weight is 704 g/mol. The van der Waals surface area contributed by atoms with Gasteiger partial charge in [0.2, 0.25) is 10.6 Å². The molecule has 0 radical (unpaired) electrons. The summed E-state index contributed by atoms with van der Waals surface area (Å²) in [5.41, 5.74) is 0.454. The van der Waals surface area contributed by atoms with E-state index in [1.807, 2.05) is 0 Å². The normalized spacial score (nSPS) is 22.3. The molecule has 262 valence electrons. The van der Waals surface area contributed by atoms with Crippen molar-refractivity contribution in [2.75, 3.05) is 38.4 Å². The van der Waals surface area contributed by atoms with Crippen LogP contribution in [0.25, 0.3) is 11.0 Å². The van der Waals surface area contributed by atoms with Crippen molar-refractivity contribution in [2.24, 2.45) is 0 Å². The maximum absolute atomic E-state index is 14.1. The molecule has 47 heavy (non-hydrogen) atoms. The number of fused-ring (bicyclic) bond motifs is 1. The number of nitrogens with one attached hydrogen (secondary N) is 2. The van der Waals surface area contributed by atoms with Crippen LogP contribution in [-0.2, 0) is 39.2 Å². The Morgan fingerprint density at radius 3 is 2.60 bits per heavy atom. The Balaban J connectivity index is 1.40. The number of aliphatic hydroxyl groups excluding tert-OH is 1. The van der Waals surface area contributed by atoms with Gasteiger partial charge in [0.05, 0.1) is 50.7 Å². The number of aromatic amines is 1. The van der Waals surface area contributed by atoms with Gasteiger partial charge < -0.3 is 43.5 Å². The summed E-state index contributed by atoms with van der Waals surface area (Å²) in [5.74, 6) is -0.709. The van der Waals surface area contributed by atoms with Gasteiger partial charge in [-0.1, -0.05) is 18.1 Å². The first-order chi connectivity index (χ1) is 22.5. The van der Waals surface area contributed by atoms with Crippen molar-refractivity contribution in [1.29, 1.82) is 0 Å². The molecule has 1 aliphatic carbocycles. The Morgan fingerprint density at radius 2 is 1.96 bits per heavy atom. The van der Waals surface area contributed by atoms with Crippen LogP contribution in [0, 0.1) is 0 Å². The summed E-state index contributed by atoms with van der Waals surface area (Å²) in [6, 6.07) is 0.286. The molecule has 1 saturated heterocycles. The maximum Gasteiger partial charge on any atom is 0.367 e. The lowest BCUT2D eigenvalue weighted by atomic mass is 10.1. The quantitative estimate of drug-likeness (QED) is 0.0849. The van der Waals surface area contributed by atoms with E-state index in [1.165, 1.54) is 13.8 Å². The molecule has 3 aromatic heterocycles. The number of nitrogens with zero attached hydrogens (tertiary/aromatic N) is 7. The SMILES string of the molecule is CCOP(=O)(OCC)C(CO)(COCc1nn[nH]n1)OC[C@H]1O[C@@H](n2ncc3c(NC4CCCC4)nc(Cl)nc32)C[C@@H]1OC(C)(C)O. The molecule has 5 rings (SSSR count). The minimum Gasteiger partial charge on any atom is -0.393 e. The molecule has 1 unspecified atom stereocenters. The summed E-state index contributed by atoms with van der Waals surface area (Å²) in [4.78, 5) is 8.86. The number of hydrogen-bond acceptors (Lipinski definition) is 16. The van der Waals surface area contributed by atoms with Crippen LogP contribution in [0.3, 0.4) is 0 Å². The molecule has 0 aromatic carbocycles. The molecular weight excluding hydrogens is 661 g/mol. The lowest BCUT2D eigenvalue weighted by Crippen LogP contribution is -2.46. The van der Waals surface area contributed by atoms with Crippen molar-refractivity contribution >= 4 is 36.0 Å². The standard InChI is InChI=1S/C27H43ClN9O9P/c1-5-43-47(40,44-6-2)27(15-38,16-41-14-21-33-35-36-34-21)42-13-20-19(46-26(3,4)39)11-22(45-20)37-24-18(12-29-37)23(31-25(28)32-24)30-17-9-7-8-10-17/h12,17,19-20,22,38-39H,5-11,13-16H2,1-4H3,(H,30,31,32)(H,33,34,35,36)/t19-,20+,22+,27?/m0/s1. The third-order valence-corrected chi connectivity index (χ3v) is 10.6. The van der Waals surface area contributed by atoms with E-state index in [0.29, 0.717) is 16.9 Å². The van der Waals surface area contributed by atoms with Crippen LogP contribution in [0.1, 0.15) is 71.9 Å². The summed E-state index contributed by atoms with van der Waals surface area (Å²) < 4.78 is 51.3. The van der Waals surface area contributed by atoms with Crippen LogP contribution in [0.15, 0.2) is 6.20 Å². The Hall–Kier alpha value is -2.38. The van der Waals surface area contributed by atoms with Crippen molar-refractivity contribution in [1.82, 2.24) is 40.4 Å². The molecule has 3 aromatic rings. The number of halogens is 1. The van der Waals surface area contributed by atoms with E-state index in [9.17, 15) is 14.8 Å². The highest BCUT2D eigenvalue weighted by atomic mass is 35.5. The Bertz CT molecular complexity index is 1480. The van der Waals surface area contributed by atoms with E-state index in [1.54, 1.807) is 24.7 Å². The van der Waals surface area contributed by atoms with Crippen LogP contribution in [-0.4, -0.2) is 113 Å². The molecule has 1 aliphatic heterocycles. The lowest BCUT2D eigenvalue weighted by molar-refractivity contribution is -0.222. The van der Waals surface area contributed by atoms with Crippen LogP contribution in [0.4, 0.5) is 5.82 Å². The summed E-state index contributed by atoms with van der Waals surface area (Å²) in [6.07, 6.45) is 3.96. The number of ether oxygens (including phenoxy) is 4. The van der Waals surface area contributed by atoms with Gasteiger partial charge in [0.25, 0.3) is 0 Å². The van der Waals surface area contributed by atoms with Crippen molar-refractivity contribution in [3.05, 3.63) is 17.3 Å². The fourth-order valence-electron chi connectivity index (χ4n) is 5.75. The zero-order chi connectivity index (χ0) is 33.7. The zero-order valence-corrected chi connectivity index (χ0v) is 28.5. The van der Waals surface area contributed by atoms with Gasteiger partial charge in [-0.2, -0.15) is 20.3 Å². The number of aromatic nitrogens is 8. The van der Waals surface area contributed by atoms with Gasteiger partial charge >= 0.3 is 7.60 Å². The maximum atomic E-state index is 14.1. The van der Waals surface area contributed by atoms with Crippen molar-refractivity contribution in [3.8, 4) is 0 Å². The molecule has 4 N–H and O–H groups in total. The van der Waals surface area contributed by atoms with Crippen LogP contribution < -0.4 is 5.32 Å². The fourth-order valence-corrected chi connectivity index (χ4v) is 7.80. The molecule has 20 heteroatoms. The number of tetrazole rings is 1. The molecule has 4 atom stereocenters. The van der Waals surface area contributed by atoms with E-state index >= 15 is 0 Å². The average Bonchev–Trinajstić information content (AvgIpc) is 3.83. The number of anilines is 1. The zero-order valence-electron chi connectivity index (χ0n) is 26.9. The van der Waals surface area contributed by atoms with Crippen LogP contribution in [0.5, 0.6) is 0 Å². The highest BCUT2D eigenvalue weighted by molar-refractivity contribution is 7.55. The second-order valence-electron chi connectivity index (χ2n) is 11.8. The molecule has 0 bridgehead atoms. The Morgan fingerprint density at radius 1 is 1.21 bits per heavy atom. The van der Waals surface area contributed by atoms with Gasteiger partial charge in [-0.25, -0.2) is 4.68 Å². The van der Waals surface area contributed by atoms with Gasteiger partial charge in [0, 0.05) is 12.5 Å². The number of hydrogen-bond donors (Lipinski definition) is 4. The first-order valence-corrected chi connectivity index (χ1v) is 17.6. The monoisotopic (exact) mass is 703 g/mol. The second-order valence-corrected chi connectivity index (χ2v) is 14.5. The highest BCUT2D eigenvalue weighted by Crippen LogP contribution is 2.61. The first-order valence-electron chi connectivity index (χ1n) is 15.7. The predicted octanol–water partition coefficient (Wildman–Crippen LogP) is 2.94. The molecule has 2 fully saturated rings. The Kier molecular flexibility index (Phi) is 11.8. The minimum absolute atomic E-state index is 0.00799. The number of aliphatic hydroxyl groups is 2. The molecule has 1 saturated carbocycles. The summed E-state index contributed by atoms with van der Waals surface area (Å²) in [5, 5.41) is 41.6. The van der Waals surface area contributed by atoms with E-state index in [-0.39, 0.29) is 50.0 Å². The highest BCUT2D eigenvalue weighted by Gasteiger charge is 2.54. The van der Waals surface area contributed by atoms with Gasteiger partial charge in [0.1, 0.15) is 18.5 Å². The van der Waals surface area contributed by atoms with Crippen molar-refractivity contribution in [2.45, 2.75) is 102 Å². The number of H-pyrrole nitrogens is 1. The predicted molar refractivity (Wildman–Crippen MR) is 166 cm³/mol. The molecule has 0 spiro atoms. The molecule has 2 aliphatic rings. The smallest absolute Gasteiger partial charge is 0.367 e. The van der Waals surface area contributed by atoms with Crippen LogP contribution >= 0.6 is 19.2 Å². The van der Waals surface area contributed by atoms with Gasteiger partial charge in [0.15, 0.2) is 23.5 Å². The van der Waals surface area contributed by atoms with Gasteiger partial charge in [-0.15, -0.1) is 10.2 Å². The van der Waals surface area contributed by atoms with Gasteiger partial charge in [-0.05, 0) is 52.1 Å². The van der Waals surface area contributed by atoms with Crippen molar-refractivity contribution in [3.63, 3.8) is 0 Å².